The van der Waals surface area contributed by atoms with Gasteiger partial charge in [-0.15, -0.1) is 0 Å². The summed E-state index contributed by atoms with van der Waals surface area (Å²) in [4.78, 5) is 23.8. The Morgan fingerprint density at radius 1 is 1.57 bits per heavy atom. The molecule has 3 nitrogen and oxygen atoms in total. The minimum Gasteiger partial charge on any atom is -0.328 e. The second-order valence-corrected chi connectivity index (χ2v) is 3.47. The maximum absolute atomic E-state index is 12.3. The smallest absolute Gasteiger partial charge is 0.266 e. The molecule has 0 unspecified atom stereocenters. The number of carbonyl (C=O) groups is 1. The van der Waals surface area contributed by atoms with E-state index in [0.717, 1.165) is 6.20 Å². The van der Waals surface area contributed by atoms with Crippen LogP contribution in [0.15, 0.2) is 15.5 Å². The molecule has 1 aromatic rings. The Labute approximate surface area is 90.2 Å². The summed E-state index contributed by atoms with van der Waals surface area (Å²) >= 11 is 7.78. The highest BCUT2D eigenvalue weighted by molar-refractivity contribution is 9.10. The zero-order chi connectivity index (χ0) is 10.9. The van der Waals surface area contributed by atoms with E-state index in [2.05, 4.69) is 15.9 Å². The van der Waals surface area contributed by atoms with Crippen molar-refractivity contribution in [1.29, 1.82) is 0 Å². The Kier molecular flexibility index (Phi) is 3.38. The quantitative estimate of drug-likeness (QED) is 0.849. The van der Waals surface area contributed by atoms with E-state index in [0.29, 0.717) is 0 Å². The molecule has 0 aliphatic rings. The number of nitrogens with one attached hydrogen (secondary N) is 1. The lowest BCUT2D eigenvalue weighted by Gasteiger charge is -2.04. The number of hydrogen-bond acceptors (Lipinski definition) is 2. The monoisotopic (exact) mass is 285 g/mol. The van der Waals surface area contributed by atoms with Gasteiger partial charge in [-0.3, -0.25) is 9.59 Å². The topological polar surface area (TPSA) is 49.9 Å². The number of aromatic amines is 1. The van der Waals surface area contributed by atoms with Crippen molar-refractivity contribution in [2.45, 2.75) is 6.43 Å². The molecule has 0 aliphatic heterocycles. The van der Waals surface area contributed by atoms with E-state index in [1.807, 2.05) is 4.98 Å². The minimum atomic E-state index is -2.80. The van der Waals surface area contributed by atoms with Gasteiger partial charge < -0.3 is 4.98 Å². The first-order chi connectivity index (χ1) is 6.45. The molecule has 1 N–H and O–H groups in total. The molecule has 1 heterocycles. The molecule has 0 aromatic carbocycles. The Morgan fingerprint density at radius 2 is 2.14 bits per heavy atom. The van der Waals surface area contributed by atoms with Crippen LogP contribution in [0.5, 0.6) is 0 Å². The van der Waals surface area contributed by atoms with Crippen molar-refractivity contribution in [3.8, 4) is 0 Å². The van der Waals surface area contributed by atoms with E-state index in [1.165, 1.54) is 0 Å². The molecule has 0 radical (unpaired) electrons. The van der Waals surface area contributed by atoms with E-state index < -0.39 is 28.4 Å². The normalized spacial score (nSPS) is 10.6. The third kappa shape index (κ3) is 2.01. The lowest BCUT2D eigenvalue weighted by molar-refractivity contribution is 0.107. The predicted octanol–water partition coefficient (Wildman–Crippen LogP) is 2.45. The highest BCUT2D eigenvalue weighted by atomic mass is 79.9. The fourth-order valence-corrected chi connectivity index (χ4v) is 1.80. The van der Waals surface area contributed by atoms with Gasteiger partial charge in [0.05, 0.1) is 0 Å². The van der Waals surface area contributed by atoms with Gasteiger partial charge in [-0.25, -0.2) is 8.78 Å². The minimum absolute atomic E-state index is 0.267. The largest absolute Gasteiger partial charge is 0.328 e. The maximum Gasteiger partial charge on any atom is 0.266 e. The molecule has 0 bridgehead atoms. The SMILES string of the molecule is O=C(Cl)c1c(Br)c(C(F)F)c[nH]c1=O. The van der Waals surface area contributed by atoms with Crippen molar-refractivity contribution in [3.05, 3.63) is 32.2 Å². The summed E-state index contributed by atoms with van der Waals surface area (Å²) < 4.78 is 24.3. The molecule has 1 rings (SSSR count). The van der Waals surface area contributed by atoms with Crippen LogP contribution in [0.3, 0.4) is 0 Å². The Morgan fingerprint density at radius 3 is 2.57 bits per heavy atom. The van der Waals surface area contributed by atoms with Crippen molar-refractivity contribution >= 4 is 32.8 Å². The first-order valence-corrected chi connectivity index (χ1v) is 4.51. The maximum atomic E-state index is 12.3. The highest BCUT2D eigenvalue weighted by Gasteiger charge is 2.20. The molecule has 7 heteroatoms. The molecule has 76 valence electrons. The van der Waals surface area contributed by atoms with E-state index in [4.69, 9.17) is 11.6 Å². The van der Waals surface area contributed by atoms with E-state index in [-0.39, 0.29) is 4.47 Å². The molecular weight excluding hydrogens is 283 g/mol. The van der Waals surface area contributed by atoms with Crippen LogP contribution in [-0.4, -0.2) is 10.2 Å². The van der Waals surface area contributed by atoms with Crippen molar-refractivity contribution in [3.63, 3.8) is 0 Å². The van der Waals surface area contributed by atoms with Crippen LogP contribution >= 0.6 is 27.5 Å². The van der Waals surface area contributed by atoms with Crippen molar-refractivity contribution in [2.24, 2.45) is 0 Å². The average molecular weight is 286 g/mol. The fraction of sp³-hybridized carbons (Fsp3) is 0.143. The molecule has 0 atom stereocenters. The Bertz CT molecular complexity index is 432. The summed E-state index contributed by atoms with van der Waals surface area (Å²) in [6, 6.07) is 0. The average Bonchev–Trinajstić information content (AvgIpc) is 2.02. The standard InChI is InChI=1S/C7H3BrClF2NO2/c8-4-2(6(10)11)1-12-7(14)3(4)5(9)13/h1,6H,(H,12,14). The number of pyridine rings is 1. The van der Waals surface area contributed by atoms with E-state index in [9.17, 15) is 18.4 Å². The number of H-pyrrole nitrogens is 1. The van der Waals surface area contributed by atoms with Crippen LogP contribution in [0.1, 0.15) is 22.3 Å². The summed E-state index contributed by atoms with van der Waals surface area (Å²) in [5.41, 5.74) is -1.79. The number of hydrogen-bond donors (Lipinski definition) is 1. The summed E-state index contributed by atoms with van der Waals surface area (Å²) in [5.74, 6) is 0. The van der Waals surface area contributed by atoms with Crippen molar-refractivity contribution < 1.29 is 13.6 Å². The van der Waals surface area contributed by atoms with Crippen molar-refractivity contribution in [1.82, 2.24) is 4.98 Å². The molecule has 1 aromatic heterocycles. The lowest BCUT2D eigenvalue weighted by atomic mass is 10.2. The molecular formula is C7H3BrClF2NO2. The first-order valence-electron chi connectivity index (χ1n) is 3.34. The van der Waals surface area contributed by atoms with Gasteiger partial charge in [0.15, 0.2) is 0 Å². The number of rotatable bonds is 2. The second kappa shape index (κ2) is 4.18. The molecule has 0 spiro atoms. The number of halogens is 4. The van der Waals surface area contributed by atoms with Crippen molar-refractivity contribution in [2.75, 3.05) is 0 Å². The van der Waals surface area contributed by atoms with E-state index >= 15 is 0 Å². The number of alkyl halides is 2. The summed E-state index contributed by atoms with van der Waals surface area (Å²) in [5, 5.41) is -1.08. The molecule has 0 saturated heterocycles. The number of aromatic nitrogens is 1. The zero-order valence-electron chi connectivity index (χ0n) is 6.48. The highest BCUT2D eigenvalue weighted by Crippen LogP contribution is 2.28. The predicted molar refractivity (Wildman–Crippen MR) is 49.9 cm³/mol. The van der Waals surface area contributed by atoms with E-state index in [1.54, 1.807) is 0 Å². The molecule has 14 heavy (non-hydrogen) atoms. The van der Waals surface area contributed by atoms with Gasteiger partial charge in [-0.1, -0.05) is 0 Å². The van der Waals surface area contributed by atoms with Gasteiger partial charge in [0.25, 0.3) is 17.2 Å². The molecule has 0 fully saturated rings. The summed E-state index contributed by atoms with van der Waals surface area (Å²) in [7, 11) is 0. The Balaban J connectivity index is 3.49. The van der Waals surface area contributed by atoms with Gasteiger partial charge in [0, 0.05) is 16.2 Å². The zero-order valence-corrected chi connectivity index (χ0v) is 8.82. The second-order valence-electron chi connectivity index (χ2n) is 2.34. The third-order valence-electron chi connectivity index (χ3n) is 1.49. The van der Waals surface area contributed by atoms with Gasteiger partial charge in [0.1, 0.15) is 5.56 Å². The van der Waals surface area contributed by atoms with Crippen LogP contribution in [0.4, 0.5) is 8.78 Å². The molecule has 0 aliphatic carbocycles. The van der Waals surface area contributed by atoms with Gasteiger partial charge in [-0.05, 0) is 27.5 Å². The summed E-state index contributed by atoms with van der Waals surface area (Å²) in [6.45, 7) is 0. The fourth-order valence-electron chi connectivity index (χ4n) is 0.857. The molecule has 0 amide bonds. The van der Waals surface area contributed by atoms with Crippen LogP contribution < -0.4 is 5.56 Å². The third-order valence-corrected chi connectivity index (χ3v) is 2.53. The van der Waals surface area contributed by atoms with Crippen LogP contribution in [0.2, 0.25) is 0 Å². The molecule has 0 saturated carbocycles. The van der Waals surface area contributed by atoms with Gasteiger partial charge in [0.2, 0.25) is 0 Å². The van der Waals surface area contributed by atoms with Crippen LogP contribution in [0, 0.1) is 0 Å². The van der Waals surface area contributed by atoms with Crippen LogP contribution in [-0.2, 0) is 0 Å². The Hall–Kier alpha value is -0.750. The van der Waals surface area contributed by atoms with Gasteiger partial charge in [-0.2, -0.15) is 0 Å². The summed E-state index contributed by atoms with van der Waals surface area (Å²) in [6.07, 6.45) is -1.96. The van der Waals surface area contributed by atoms with Gasteiger partial charge >= 0.3 is 0 Å². The first kappa shape index (κ1) is 11.3. The van der Waals surface area contributed by atoms with Crippen LogP contribution in [0.25, 0.3) is 0 Å². The number of carbonyl (C=O) groups excluding carboxylic acids is 1. The lowest BCUT2D eigenvalue weighted by Crippen LogP contribution is -2.16.